The first-order chi connectivity index (χ1) is 9.82. The Hall–Kier alpha value is -1.60. The number of nitrogens with zero attached hydrogens (tertiary/aromatic N) is 1. The predicted octanol–water partition coefficient (Wildman–Crippen LogP) is 0.381. The van der Waals surface area contributed by atoms with E-state index >= 15 is 0 Å². The minimum Gasteiger partial charge on any atom is -0.399 e. The monoisotopic (exact) mass is 313 g/mol. The zero-order chi connectivity index (χ0) is 15.9. The van der Waals surface area contributed by atoms with Crippen molar-refractivity contribution < 1.29 is 13.2 Å². The Morgan fingerprint density at radius 3 is 2.38 bits per heavy atom. The zero-order valence-electron chi connectivity index (χ0n) is 12.3. The summed E-state index contributed by atoms with van der Waals surface area (Å²) >= 11 is 0. The van der Waals surface area contributed by atoms with Crippen LogP contribution in [0.4, 0.5) is 5.69 Å². The molecule has 0 atom stereocenters. The Kier molecular flexibility index (Phi) is 6.64. The molecule has 0 unspecified atom stereocenters. The zero-order valence-corrected chi connectivity index (χ0v) is 13.1. The molecule has 1 aromatic rings. The minimum absolute atomic E-state index is 0.108. The van der Waals surface area contributed by atoms with Crippen LogP contribution in [0.5, 0.6) is 0 Å². The minimum atomic E-state index is -2.98. The van der Waals surface area contributed by atoms with Crippen LogP contribution in [0.25, 0.3) is 0 Å². The molecule has 0 radical (unpaired) electrons. The van der Waals surface area contributed by atoms with Gasteiger partial charge in [-0.15, -0.1) is 0 Å². The second kappa shape index (κ2) is 7.99. The van der Waals surface area contributed by atoms with Crippen molar-refractivity contribution in [1.29, 1.82) is 0 Å². The van der Waals surface area contributed by atoms with E-state index in [1.54, 1.807) is 19.1 Å². The van der Waals surface area contributed by atoms with Gasteiger partial charge in [-0.25, -0.2) is 8.42 Å². The fourth-order valence-electron chi connectivity index (χ4n) is 1.97. The largest absolute Gasteiger partial charge is 0.399 e. The summed E-state index contributed by atoms with van der Waals surface area (Å²) in [6.07, 6.45) is 0.485. The quantitative estimate of drug-likeness (QED) is 0.641. The molecule has 0 aromatic heterocycles. The number of hydrogen-bond donors (Lipinski definition) is 2. The SMILES string of the molecule is CCS(=O)(=O)CCCN(CC(N)=O)Cc1ccc(N)cc1. The van der Waals surface area contributed by atoms with Gasteiger partial charge in [0.15, 0.2) is 0 Å². The van der Waals surface area contributed by atoms with Gasteiger partial charge >= 0.3 is 0 Å². The molecule has 0 saturated heterocycles. The average molecular weight is 313 g/mol. The van der Waals surface area contributed by atoms with Crippen molar-refractivity contribution in [3.05, 3.63) is 29.8 Å². The van der Waals surface area contributed by atoms with E-state index in [4.69, 9.17) is 11.5 Å². The molecular formula is C14H23N3O3S. The Balaban J connectivity index is 2.59. The van der Waals surface area contributed by atoms with E-state index in [-0.39, 0.29) is 18.1 Å². The highest BCUT2D eigenvalue weighted by molar-refractivity contribution is 7.91. The maximum Gasteiger partial charge on any atom is 0.231 e. The molecule has 0 heterocycles. The highest BCUT2D eigenvalue weighted by atomic mass is 32.2. The van der Waals surface area contributed by atoms with Crippen molar-refractivity contribution in [2.75, 3.05) is 30.3 Å². The van der Waals surface area contributed by atoms with Crippen molar-refractivity contribution in [1.82, 2.24) is 4.90 Å². The summed E-state index contributed by atoms with van der Waals surface area (Å²) in [7, 11) is -2.98. The van der Waals surface area contributed by atoms with Crippen LogP contribution in [0.1, 0.15) is 18.9 Å². The van der Waals surface area contributed by atoms with Gasteiger partial charge in [0, 0.05) is 18.0 Å². The van der Waals surface area contributed by atoms with Crippen molar-refractivity contribution in [2.45, 2.75) is 19.9 Å². The fourth-order valence-corrected chi connectivity index (χ4v) is 2.83. The second-order valence-electron chi connectivity index (χ2n) is 5.01. The number of carbonyl (C=O) groups is 1. The van der Waals surface area contributed by atoms with E-state index in [1.165, 1.54) is 0 Å². The first kappa shape index (κ1) is 17.5. The maximum atomic E-state index is 11.5. The summed E-state index contributed by atoms with van der Waals surface area (Å²) in [4.78, 5) is 13.0. The molecule has 0 aliphatic rings. The number of rotatable bonds is 9. The molecular weight excluding hydrogens is 290 g/mol. The van der Waals surface area contributed by atoms with Crippen LogP contribution in [0, 0.1) is 0 Å². The number of primary amides is 1. The highest BCUT2D eigenvalue weighted by Gasteiger charge is 2.12. The third-order valence-corrected chi connectivity index (χ3v) is 4.93. The van der Waals surface area contributed by atoms with Crippen LogP contribution in [0.2, 0.25) is 0 Å². The molecule has 0 fully saturated rings. The third kappa shape index (κ3) is 7.10. The summed E-state index contributed by atoms with van der Waals surface area (Å²) in [5.41, 5.74) is 12.5. The van der Waals surface area contributed by atoms with E-state index in [0.29, 0.717) is 25.2 Å². The number of sulfone groups is 1. The number of amides is 1. The fraction of sp³-hybridized carbons (Fsp3) is 0.500. The van der Waals surface area contributed by atoms with E-state index in [0.717, 1.165) is 5.56 Å². The number of benzene rings is 1. The van der Waals surface area contributed by atoms with Crippen LogP contribution in [-0.2, 0) is 21.2 Å². The molecule has 1 amide bonds. The van der Waals surface area contributed by atoms with Gasteiger partial charge in [0.1, 0.15) is 9.84 Å². The van der Waals surface area contributed by atoms with Gasteiger partial charge < -0.3 is 11.5 Å². The maximum absolute atomic E-state index is 11.5. The Morgan fingerprint density at radius 1 is 1.24 bits per heavy atom. The van der Waals surface area contributed by atoms with Crippen LogP contribution in [0.3, 0.4) is 0 Å². The summed E-state index contributed by atoms with van der Waals surface area (Å²) in [5.74, 6) is -0.162. The van der Waals surface area contributed by atoms with Crippen molar-refractivity contribution in [3.8, 4) is 0 Å². The first-order valence-electron chi connectivity index (χ1n) is 6.88. The third-order valence-electron chi connectivity index (χ3n) is 3.13. The van der Waals surface area contributed by atoms with Gasteiger partial charge in [-0.3, -0.25) is 9.69 Å². The van der Waals surface area contributed by atoms with E-state index in [2.05, 4.69) is 0 Å². The molecule has 1 rings (SSSR count). The normalized spacial score (nSPS) is 11.7. The lowest BCUT2D eigenvalue weighted by Crippen LogP contribution is -2.34. The van der Waals surface area contributed by atoms with E-state index in [1.807, 2.05) is 17.0 Å². The molecule has 118 valence electrons. The van der Waals surface area contributed by atoms with Crippen molar-refractivity contribution >= 4 is 21.4 Å². The second-order valence-corrected chi connectivity index (χ2v) is 7.48. The molecule has 4 N–H and O–H groups in total. The lowest BCUT2D eigenvalue weighted by Gasteiger charge is -2.20. The molecule has 0 aliphatic heterocycles. The Morgan fingerprint density at radius 2 is 1.86 bits per heavy atom. The van der Waals surface area contributed by atoms with Gasteiger partial charge in [-0.2, -0.15) is 0 Å². The Bertz CT molecular complexity index is 555. The molecule has 0 saturated carbocycles. The molecule has 7 heteroatoms. The van der Waals surface area contributed by atoms with Gasteiger partial charge in [0.2, 0.25) is 5.91 Å². The number of carbonyl (C=O) groups excluding carboxylic acids is 1. The highest BCUT2D eigenvalue weighted by Crippen LogP contribution is 2.09. The molecule has 0 aliphatic carbocycles. The molecule has 21 heavy (non-hydrogen) atoms. The number of nitrogens with two attached hydrogens (primary N) is 2. The number of anilines is 1. The molecule has 6 nitrogen and oxygen atoms in total. The topological polar surface area (TPSA) is 106 Å². The lowest BCUT2D eigenvalue weighted by molar-refractivity contribution is -0.119. The van der Waals surface area contributed by atoms with E-state index in [9.17, 15) is 13.2 Å². The van der Waals surface area contributed by atoms with Crippen LogP contribution in [-0.4, -0.2) is 43.8 Å². The van der Waals surface area contributed by atoms with Crippen molar-refractivity contribution in [2.24, 2.45) is 5.73 Å². The van der Waals surface area contributed by atoms with Crippen molar-refractivity contribution in [3.63, 3.8) is 0 Å². The summed E-state index contributed by atoms with van der Waals surface area (Å²) in [5, 5.41) is 0. The predicted molar refractivity (Wildman–Crippen MR) is 84.3 cm³/mol. The smallest absolute Gasteiger partial charge is 0.231 e. The summed E-state index contributed by atoms with van der Waals surface area (Å²) in [6, 6.07) is 7.34. The summed E-state index contributed by atoms with van der Waals surface area (Å²) in [6.45, 7) is 2.78. The van der Waals surface area contributed by atoms with Crippen LogP contribution in [0.15, 0.2) is 24.3 Å². The van der Waals surface area contributed by atoms with Gasteiger partial charge in [0.05, 0.1) is 12.3 Å². The average Bonchev–Trinajstić information content (AvgIpc) is 2.40. The Labute approximate surface area is 126 Å². The first-order valence-corrected chi connectivity index (χ1v) is 8.70. The van der Waals surface area contributed by atoms with Gasteiger partial charge in [-0.05, 0) is 30.7 Å². The van der Waals surface area contributed by atoms with Crippen LogP contribution >= 0.6 is 0 Å². The molecule has 0 bridgehead atoms. The molecule has 1 aromatic carbocycles. The van der Waals surface area contributed by atoms with E-state index < -0.39 is 15.7 Å². The van der Waals surface area contributed by atoms with Crippen LogP contribution < -0.4 is 11.5 Å². The lowest BCUT2D eigenvalue weighted by atomic mass is 10.2. The standard InChI is InChI=1S/C14H23N3O3S/c1-2-21(19,20)9-3-8-17(11-14(16)18)10-12-4-6-13(15)7-5-12/h4-7H,2-3,8-11,15H2,1H3,(H2,16,18). The summed E-state index contributed by atoms with van der Waals surface area (Å²) < 4.78 is 22.9. The van der Waals surface area contributed by atoms with Gasteiger partial charge in [-0.1, -0.05) is 19.1 Å². The number of hydrogen-bond acceptors (Lipinski definition) is 5. The molecule has 0 spiro atoms. The number of nitrogen functional groups attached to an aromatic ring is 1. The van der Waals surface area contributed by atoms with Gasteiger partial charge in [0.25, 0.3) is 0 Å².